The van der Waals surface area contributed by atoms with Crippen molar-refractivity contribution in [1.82, 2.24) is 15.0 Å². The zero-order chi connectivity index (χ0) is 12.7. The van der Waals surface area contributed by atoms with Crippen LogP contribution in [0.2, 0.25) is 0 Å². The predicted octanol–water partition coefficient (Wildman–Crippen LogP) is 1.44. The van der Waals surface area contributed by atoms with E-state index in [1.165, 1.54) is 25.7 Å². The van der Waals surface area contributed by atoms with Crippen molar-refractivity contribution in [2.24, 2.45) is 0 Å². The van der Waals surface area contributed by atoms with E-state index in [-0.39, 0.29) is 11.9 Å². The van der Waals surface area contributed by atoms with Crippen LogP contribution in [0.15, 0.2) is 0 Å². The lowest BCUT2D eigenvalue weighted by atomic mass is 10.1. The molecule has 6 heteroatoms. The summed E-state index contributed by atoms with van der Waals surface area (Å²) >= 11 is 0. The standard InChI is InChI=1S/C11H22N6/c1-3-4-5-6-7-8-17(2)11-15-9(12)14-10(13)16-11/h3-8H2,1-2H3,(H4,12,13,14,15,16). The average Bonchev–Trinajstić information content (AvgIpc) is 2.27. The Morgan fingerprint density at radius 3 is 2.12 bits per heavy atom. The van der Waals surface area contributed by atoms with Crippen LogP contribution in [-0.4, -0.2) is 28.5 Å². The van der Waals surface area contributed by atoms with Crippen molar-refractivity contribution in [1.29, 1.82) is 0 Å². The first kappa shape index (κ1) is 13.5. The van der Waals surface area contributed by atoms with E-state index in [4.69, 9.17) is 11.5 Å². The molecule has 1 heterocycles. The van der Waals surface area contributed by atoms with Crippen molar-refractivity contribution in [2.75, 3.05) is 30.0 Å². The molecular formula is C11H22N6. The Kier molecular flexibility index (Phi) is 5.45. The smallest absolute Gasteiger partial charge is 0.231 e. The number of hydrogen-bond acceptors (Lipinski definition) is 6. The minimum absolute atomic E-state index is 0.172. The highest BCUT2D eigenvalue weighted by atomic mass is 15.3. The molecule has 0 aliphatic carbocycles. The van der Waals surface area contributed by atoms with Crippen molar-refractivity contribution in [3.8, 4) is 0 Å². The number of nitrogens with two attached hydrogens (primary N) is 2. The van der Waals surface area contributed by atoms with Crippen LogP contribution in [0.4, 0.5) is 17.8 Å². The van der Waals surface area contributed by atoms with Crippen molar-refractivity contribution >= 4 is 17.8 Å². The van der Waals surface area contributed by atoms with E-state index < -0.39 is 0 Å². The summed E-state index contributed by atoms with van der Waals surface area (Å²) in [6.07, 6.45) is 6.20. The van der Waals surface area contributed by atoms with Gasteiger partial charge in [0, 0.05) is 13.6 Å². The largest absolute Gasteiger partial charge is 0.368 e. The van der Waals surface area contributed by atoms with Crippen molar-refractivity contribution in [3.05, 3.63) is 0 Å². The monoisotopic (exact) mass is 238 g/mol. The Hall–Kier alpha value is -1.59. The number of nitrogens with zero attached hydrogens (tertiary/aromatic N) is 4. The molecule has 0 fully saturated rings. The number of hydrogen-bond donors (Lipinski definition) is 2. The van der Waals surface area contributed by atoms with Gasteiger partial charge < -0.3 is 16.4 Å². The second kappa shape index (κ2) is 6.88. The molecule has 0 saturated carbocycles. The van der Waals surface area contributed by atoms with E-state index >= 15 is 0 Å². The summed E-state index contributed by atoms with van der Waals surface area (Å²) in [5.41, 5.74) is 11.0. The molecule has 0 unspecified atom stereocenters. The summed E-state index contributed by atoms with van der Waals surface area (Å²) in [6.45, 7) is 3.12. The summed E-state index contributed by atoms with van der Waals surface area (Å²) in [5, 5.41) is 0. The molecule has 96 valence electrons. The van der Waals surface area contributed by atoms with Crippen LogP contribution in [0.25, 0.3) is 0 Å². The van der Waals surface area contributed by atoms with Crippen LogP contribution >= 0.6 is 0 Å². The number of rotatable bonds is 7. The fraction of sp³-hybridized carbons (Fsp3) is 0.727. The topological polar surface area (TPSA) is 94.0 Å². The molecule has 1 rings (SSSR count). The van der Waals surface area contributed by atoms with Crippen molar-refractivity contribution in [3.63, 3.8) is 0 Å². The van der Waals surface area contributed by atoms with Gasteiger partial charge >= 0.3 is 0 Å². The number of aromatic nitrogens is 3. The summed E-state index contributed by atoms with van der Waals surface area (Å²) in [7, 11) is 1.94. The first-order valence-electron chi connectivity index (χ1n) is 6.11. The zero-order valence-corrected chi connectivity index (χ0v) is 10.7. The van der Waals surface area contributed by atoms with Gasteiger partial charge in [-0.3, -0.25) is 0 Å². The molecule has 4 N–H and O–H groups in total. The van der Waals surface area contributed by atoms with E-state index in [9.17, 15) is 0 Å². The minimum atomic E-state index is 0.172. The van der Waals surface area contributed by atoms with E-state index in [0.29, 0.717) is 5.95 Å². The van der Waals surface area contributed by atoms with Gasteiger partial charge in [0.25, 0.3) is 0 Å². The van der Waals surface area contributed by atoms with Crippen LogP contribution in [0.5, 0.6) is 0 Å². The summed E-state index contributed by atoms with van der Waals surface area (Å²) in [6, 6.07) is 0. The third-order valence-corrected chi connectivity index (χ3v) is 2.60. The van der Waals surface area contributed by atoms with E-state index in [1.54, 1.807) is 0 Å². The summed E-state index contributed by atoms with van der Waals surface area (Å²) in [4.78, 5) is 13.8. The van der Waals surface area contributed by atoms with Crippen LogP contribution in [0, 0.1) is 0 Å². The molecule has 1 aromatic rings. The molecular weight excluding hydrogens is 216 g/mol. The van der Waals surface area contributed by atoms with Crippen LogP contribution in [0.3, 0.4) is 0 Å². The quantitative estimate of drug-likeness (QED) is 0.698. The van der Waals surface area contributed by atoms with Gasteiger partial charge in [-0.2, -0.15) is 15.0 Å². The third-order valence-electron chi connectivity index (χ3n) is 2.60. The van der Waals surface area contributed by atoms with Gasteiger partial charge in [-0.25, -0.2) is 0 Å². The Bertz CT molecular complexity index is 320. The van der Waals surface area contributed by atoms with Gasteiger partial charge in [0.05, 0.1) is 0 Å². The lowest BCUT2D eigenvalue weighted by Crippen LogP contribution is -2.22. The Morgan fingerprint density at radius 1 is 0.941 bits per heavy atom. The second-order valence-corrected chi connectivity index (χ2v) is 4.19. The minimum Gasteiger partial charge on any atom is -0.368 e. The number of nitrogen functional groups attached to an aromatic ring is 2. The fourth-order valence-corrected chi connectivity index (χ4v) is 1.62. The molecule has 0 aliphatic rings. The van der Waals surface area contributed by atoms with Gasteiger partial charge in [-0.1, -0.05) is 32.6 Å². The van der Waals surface area contributed by atoms with E-state index in [1.807, 2.05) is 11.9 Å². The second-order valence-electron chi connectivity index (χ2n) is 4.19. The molecule has 0 radical (unpaired) electrons. The normalized spacial score (nSPS) is 10.5. The van der Waals surface area contributed by atoms with Gasteiger partial charge in [0.2, 0.25) is 17.8 Å². The highest BCUT2D eigenvalue weighted by molar-refractivity contribution is 5.38. The van der Waals surface area contributed by atoms with E-state index in [0.717, 1.165) is 13.0 Å². The number of anilines is 3. The predicted molar refractivity (Wildman–Crippen MR) is 70.7 cm³/mol. The maximum absolute atomic E-state index is 5.52. The highest BCUT2D eigenvalue weighted by Gasteiger charge is 2.06. The molecule has 0 amide bonds. The Labute approximate surface area is 102 Å². The average molecular weight is 238 g/mol. The van der Waals surface area contributed by atoms with Crippen LogP contribution < -0.4 is 16.4 Å². The molecule has 0 bridgehead atoms. The van der Waals surface area contributed by atoms with Gasteiger partial charge in [0.1, 0.15) is 0 Å². The molecule has 0 saturated heterocycles. The molecule has 0 spiro atoms. The lowest BCUT2D eigenvalue weighted by Gasteiger charge is -2.16. The van der Waals surface area contributed by atoms with Crippen molar-refractivity contribution < 1.29 is 0 Å². The lowest BCUT2D eigenvalue weighted by molar-refractivity contribution is 0.626. The summed E-state index contributed by atoms with van der Waals surface area (Å²) in [5.74, 6) is 0.890. The molecule has 0 atom stereocenters. The molecule has 1 aromatic heterocycles. The Balaban J connectivity index is 2.38. The first-order valence-corrected chi connectivity index (χ1v) is 6.11. The zero-order valence-electron chi connectivity index (χ0n) is 10.7. The first-order chi connectivity index (χ1) is 8.13. The third kappa shape index (κ3) is 4.84. The van der Waals surface area contributed by atoms with Gasteiger partial charge in [-0.05, 0) is 6.42 Å². The highest BCUT2D eigenvalue weighted by Crippen LogP contribution is 2.10. The van der Waals surface area contributed by atoms with Gasteiger partial charge in [0.15, 0.2) is 0 Å². The Morgan fingerprint density at radius 2 is 1.53 bits per heavy atom. The maximum atomic E-state index is 5.52. The molecule has 17 heavy (non-hydrogen) atoms. The maximum Gasteiger partial charge on any atom is 0.231 e. The van der Waals surface area contributed by atoms with E-state index in [2.05, 4.69) is 21.9 Å². The van der Waals surface area contributed by atoms with Crippen LogP contribution in [0.1, 0.15) is 39.0 Å². The fourth-order valence-electron chi connectivity index (χ4n) is 1.62. The molecule has 0 aromatic carbocycles. The van der Waals surface area contributed by atoms with Crippen LogP contribution in [-0.2, 0) is 0 Å². The number of unbranched alkanes of at least 4 members (excludes halogenated alkanes) is 4. The molecule has 6 nitrogen and oxygen atoms in total. The van der Waals surface area contributed by atoms with Crippen molar-refractivity contribution in [2.45, 2.75) is 39.0 Å². The SMILES string of the molecule is CCCCCCCN(C)c1nc(N)nc(N)n1. The molecule has 0 aliphatic heterocycles. The van der Waals surface area contributed by atoms with Gasteiger partial charge in [-0.15, -0.1) is 0 Å². The summed E-state index contributed by atoms with van der Waals surface area (Å²) < 4.78 is 0.